The largest absolute Gasteiger partial charge is 0.480 e. The molecule has 2 heterocycles. The van der Waals surface area contributed by atoms with E-state index in [4.69, 9.17) is 4.74 Å². The Bertz CT molecular complexity index is 408. The molecule has 0 aliphatic carbocycles. The third-order valence-electron chi connectivity index (χ3n) is 2.77. The summed E-state index contributed by atoms with van der Waals surface area (Å²) in [7, 11) is 0. The number of hydrogen-bond donors (Lipinski definition) is 3. The van der Waals surface area contributed by atoms with Crippen LogP contribution in [0.15, 0.2) is 23.5 Å². The van der Waals surface area contributed by atoms with Crippen LogP contribution in [0.25, 0.3) is 0 Å². The number of aliphatic hydroxyl groups excluding tert-OH is 2. The highest BCUT2D eigenvalue weighted by Crippen LogP contribution is 2.39. The Hall–Kier alpha value is -1.37. The Morgan fingerprint density at radius 3 is 2.65 bits per heavy atom. The summed E-state index contributed by atoms with van der Waals surface area (Å²) in [5.74, 6) is -2.91. The standard InChI is InChI=1S/C11H14O6/c1-3-4-5-7(12)8(13)6-9(16-5)11(2,15)17-10(6)14/h3-5,7-8,12-13,15H,1-2H3. The van der Waals surface area contributed by atoms with Crippen molar-refractivity contribution in [3.05, 3.63) is 23.5 Å². The van der Waals surface area contributed by atoms with E-state index >= 15 is 0 Å². The Morgan fingerprint density at radius 1 is 1.41 bits per heavy atom. The summed E-state index contributed by atoms with van der Waals surface area (Å²) >= 11 is 0. The van der Waals surface area contributed by atoms with Gasteiger partial charge in [-0.3, -0.25) is 0 Å². The van der Waals surface area contributed by atoms with Crippen LogP contribution < -0.4 is 0 Å². The Balaban J connectivity index is 2.43. The van der Waals surface area contributed by atoms with E-state index < -0.39 is 30.1 Å². The van der Waals surface area contributed by atoms with Gasteiger partial charge in [-0.05, 0) is 13.0 Å². The molecule has 0 saturated heterocycles. The maximum atomic E-state index is 11.4. The lowest BCUT2D eigenvalue weighted by Crippen LogP contribution is -2.45. The third-order valence-corrected chi connectivity index (χ3v) is 2.77. The number of carbonyl (C=O) groups is 1. The first-order chi connectivity index (χ1) is 7.88. The topological polar surface area (TPSA) is 96.2 Å². The van der Waals surface area contributed by atoms with Crippen LogP contribution in [-0.2, 0) is 14.3 Å². The molecule has 2 aliphatic heterocycles. The highest BCUT2D eigenvalue weighted by atomic mass is 16.7. The molecule has 0 radical (unpaired) electrons. The maximum absolute atomic E-state index is 11.4. The number of allylic oxidation sites excluding steroid dienone is 1. The molecule has 0 aromatic heterocycles. The zero-order chi connectivity index (χ0) is 12.8. The summed E-state index contributed by atoms with van der Waals surface area (Å²) in [5.41, 5.74) is -0.219. The molecule has 0 amide bonds. The van der Waals surface area contributed by atoms with Gasteiger partial charge in [0.15, 0.2) is 5.76 Å². The lowest BCUT2D eigenvalue weighted by Gasteiger charge is -2.32. The second-order valence-electron chi connectivity index (χ2n) is 4.16. The summed E-state index contributed by atoms with van der Waals surface area (Å²) in [6.07, 6.45) is -0.364. The zero-order valence-electron chi connectivity index (χ0n) is 9.45. The van der Waals surface area contributed by atoms with Crippen LogP contribution in [0.4, 0.5) is 0 Å². The maximum Gasteiger partial charge on any atom is 0.343 e. The van der Waals surface area contributed by atoms with Gasteiger partial charge in [-0.15, -0.1) is 0 Å². The second-order valence-corrected chi connectivity index (χ2v) is 4.16. The molecule has 2 aliphatic rings. The number of cyclic esters (lactones) is 1. The molecule has 94 valence electrons. The first-order valence-electron chi connectivity index (χ1n) is 5.24. The molecule has 0 aromatic carbocycles. The van der Waals surface area contributed by atoms with Gasteiger partial charge in [0.05, 0.1) is 0 Å². The van der Waals surface area contributed by atoms with Crippen molar-refractivity contribution in [3.8, 4) is 0 Å². The summed E-state index contributed by atoms with van der Waals surface area (Å²) in [6.45, 7) is 2.96. The fourth-order valence-electron chi connectivity index (χ4n) is 1.95. The second kappa shape index (κ2) is 3.83. The van der Waals surface area contributed by atoms with E-state index in [1.807, 2.05) is 0 Å². The average Bonchev–Trinajstić information content (AvgIpc) is 2.45. The van der Waals surface area contributed by atoms with Gasteiger partial charge >= 0.3 is 5.97 Å². The molecule has 4 atom stereocenters. The van der Waals surface area contributed by atoms with Crippen molar-refractivity contribution in [1.82, 2.24) is 0 Å². The van der Waals surface area contributed by atoms with Crippen molar-refractivity contribution in [3.63, 3.8) is 0 Å². The average molecular weight is 242 g/mol. The van der Waals surface area contributed by atoms with Crippen molar-refractivity contribution in [2.45, 2.75) is 37.9 Å². The Kier molecular flexibility index (Phi) is 2.73. The Morgan fingerprint density at radius 2 is 2.06 bits per heavy atom. The number of rotatable bonds is 1. The van der Waals surface area contributed by atoms with Gasteiger partial charge in [0.25, 0.3) is 5.79 Å². The van der Waals surface area contributed by atoms with Gasteiger partial charge in [-0.1, -0.05) is 6.08 Å². The third kappa shape index (κ3) is 1.74. The lowest BCUT2D eigenvalue weighted by atomic mass is 9.95. The van der Waals surface area contributed by atoms with Gasteiger partial charge in [-0.25, -0.2) is 4.79 Å². The van der Waals surface area contributed by atoms with E-state index in [1.54, 1.807) is 13.0 Å². The van der Waals surface area contributed by atoms with Gasteiger partial charge in [0, 0.05) is 6.92 Å². The normalized spacial score (nSPS) is 41.5. The molecule has 0 fully saturated rings. The molecule has 6 nitrogen and oxygen atoms in total. The molecule has 0 bridgehead atoms. The zero-order valence-corrected chi connectivity index (χ0v) is 9.45. The van der Waals surface area contributed by atoms with E-state index in [2.05, 4.69) is 4.74 Å². The SMILES string of the molecule is CC=CC1OC2=C(C(=O)OC2(C)O)C(O)C1O. The molecule has 2 rings (SSSR count). The van der Waals surface area contributed by atoms with Crippen LogP contribution in [0, 0.1) is 0 Å². The minimum absolute atomic E-state index is 0.136. The number of esters is 1. The van der Waals surface area contributed by atoms with Crippen molar-refractivity contribution in [2.24, 2.45) is 0 Å². The van der Waals surface area contributed by atoms with Crippen molar-refractivity contribution >= 4 is 5.97 Å². The summed E-state index contributed by atoms with van der Waals surface area (Å²) in [4.78, 5) is 11.4. The summed E-state index contributed by atoms with van der Waals surface area (Å²) < 4.78 is 9.97. The molecule has 17 heavy (non-hydrogen) atoms. The molecule has 3 N–H and O–H groups in total. The van der Waals surface area contributed by atoms with Crippen molar-refractivity contribution in [1.29, 1.82) is 0 Å². The van der Waals surface area contributed by atoms with Gasteiger partial charge in [0.1, 0.15) is 23.9 Å². The lowest BCUT2D eigenvalue weighted by molar-refractivity contribution is -0.187. The van der Waals surface area contributed by atoms with Crippen molar-refractivity contribution < 1.29 is 29.6 Å². The molecule has 0 saturated carbocycles. The quantitative estimate of drug-likeness (QED) is 0.411. The highest BCUT2D eigenvalue weighted by molar-refractivity contribution is 5.93. The summed E-state index contributed by atoms with van der Waals surface area (Å²) in [6, 6.07) is 0. The molecule has 0 spiro atoms. The van der Waals surface area contributed by atoms with Crippen LogP contribution >= 0.6 is 0 Å². The molecule has 0 aromatic rings. The predicted octanol–water partition coefficient (Wildman–Crippen LogP) is -0.798. The van der Waals surface area contributed by atoms with Crippen LogP contribution in [0.3, 0.4) is 0 Å². The van der Waals surface area contributed by atoms with E-state index in [-0.39, 0.29) is 11.3 Å². The van der Waals surface area contributed by atoms with Gasteiger partial charge < -0.3 is 24.8 Å². The van der Waals surface area contributed by atoms with E-state index in [0.29, 0.717) is 0 Å². The number of aliphatic hydroxyl groups is 3. The fourth-order valence-corrected chi connectivity index (χ4v) is 1.95. The molecule has 4 unspecified atom stereocenters. The van der Waals surface area contributed by atoms with E-state index in [0.717, 1.165) is 0 Å². The first kappa shape index (κ1) is 12.1. The van der Waals surface area contributed by atoms with Crippen LogP contribution in [0.5, 0.6) is 0 Å². The number of ether oxygens (including phenoxy) is 2. The minimum Gasteiger partial charge on any atom is -0.480 e. The first-order valence-corrected chi connectivity index (χ1v) is 5.24. The minimum atomic E-state index is -1.90. The van der Waals surface area contributed by atoms with Crippen molar-refractivity contribution in [2.75, 3.05) is 0 Å². The van der Waals surface area contributed by atoms with E-state index in [9.17, 15) is 20.1 Å². The number of carbonyl (C=O) groups excluding carboxylic acids is 1. The monoisotopic (exact) mass is 242 g/mol. The van der Waals surface area contributed by atoms with Crippen LogP contribution in [-0.4, -0.2) is 45.4 Å². The molecular formula is C11H14O6. The molecule has 6 heteroatoms. The molecular weight excluding hydrogens is 228 g/mol. The number of hydrogen-bond acceptors (Lipinski definition) is 6. The van der Waals surface area contributed by atoms with Crippen LogP contribution in [0.1, 0.15) is 13.8 Å². The smallest absolute Gasteiger partial charge is 0.343 e. The van der Waals surface area contributed by atoms with Crippen LogP contribution in [0.2, 0.25) is 0 Å². The van der Waals surface area contributed by atoms with E-state index in [1.165, 1.54) is 13.0 Å². The predicted molar refractivity (Wildman–Crippen MR) is 55.4 cm³/mol. The fraction of sp³-hybridized carbons (Fsp3) is 0.545. The van der Waals surface area contributed by atoms with Gasteiger partial charge in [-0.2, -0.15) is 0 Å². The summed E-state index contributed by atoms with van der Waals surface area (Å²) in [5, 5.41) is 29.4. The highest BCUT2D eigenvalue weighted by Gasteiger charge is 2.53. The Labute approximate surface area is 97.8 Å². The van der Waals surface area contributed by atoms with Gasteiger partial charge in [0.2, 0.25) is 0 Å².